The summed E-state index contributed by atoms with van der Waals surface area (Å²) in [6, 6.07) is 19.3. The summed E-state index contributed by atoms with van der Waals surface area (Å²) in [6.45, 7) is 7.84. The Kier molecular flexibility index (Phi) is 5.83. The maximum Gasteiger partial charge on any atom is 0.136 e. The van der Waals surface area contributed by atoms with Gasteiger partial charge in [-0.05, 0) is 73.9 Å². The highest BCUT2D eigenvalue weighted by atomic mass is 19.1. The Bertz CT molecular complexity index is 1610. The van der Waals surface area contributed by atoms with Crippen LogP contribution in [-0.2, 0) is 13.0 Å². The molecule has 0 aliphatic carbocycles. The molecule has 0 amide bonds. The summed E-state index contributed by atoms with van der Waals surface area (Å²) in [6.07, 6.45) is 0.635. The van der Waals surface area contributed by atoms with E-state index >= 15 is 0 Å². The zero-order chi connectivity index (χ0) is 25.5. The molecule has 6 rings (SSSR count). The predicted octanol–water partition coefficient (Wildman–Crippen LogP) is 6.07. The minimum absolute atomic E-state index is 0.236. The number of ether oxygens (including phenoxy) is 1. The van der Waals surface area contributed by atoms with Gasteiger partial charge in [0.2, 0.25) is 0 Å². The molecule has 37 heavy (non-hydrogen) atoms. The van der Waals surface area contributed by atoms with Gasteiger partial charge in [0.05, 0.1) is 17.6 Å². The number of fused-ring (bicyclic) bond motifs is 2. The van der Waals surface area contributed by atoms with Crippen LogP contribution in [-0.4, -0.2) is 33.1 Å². The van der Waals surface area contributed by atoms with Crippen LogP contribution in [0.1, 0.15) is 34.0 Å². The maximum absolute atomic E-state index is 13.5. The van der Waals surface area contributed by atoms with E-state index in [-0.39, 0.29) is 5.82 Å². The number of H-pyrrole nitrogens is 1. The number of aromatic nitrogens is 4. The van der Waals surface area contributed by atoms with E-state index in [1.54, 1.807) is 0 Å². The van der Waals surface area contributed by atoms with Gasteiger partial charge in [-0.3, -0.25) is 0 Å². The van der Waals surface area contributed by atoms with Crippen molar-refractivity contribution >= 4 is 16.9 Å². The van der Waals surface area contributed by atoms with Gasteiger partial charge in [-0.1, -0.05) is 24.3 Å². The normalized spacial score (nSPS) is 13.4. The van der Waals surface area contributed by atoms with Crippen LogP contribution in [0.3, 0.4) is 0 Å². The lowest BCUT2D eigenvalue weighted by Crippen LogP contribution is -2.28. The highest BCUT2D eigenvalue weighted by Crippen LogP contribution is 2.33. The van der Waals surface area contributed by atoms with Gasteiger partial charge in [-0.15, -0.1) is 0 Å². The summed E-state index contributed by atoms with van der Waals surface area (Å²) in [4.78, 5) is 19.6. The van der Waals surface area contributed by atoms with Crippen LogP contribution in [0.5, 0.6) is 5.75 Å². The second-order valence-corrected chi connectivity index (χ2v) is 9.61. The van der Waals surface area contributed by atoms with Gasteiger partial charge in [0.15, 0.2) is 0 Å². The van der Waals surface area contributed by atoms with Crippen LogP contribution in [0.4, 0.5) is 10.2 Å². The summed E-state index contributed by atoms with van der Waals surface area (Å²) in [5, 5.41) is 0. The Labute approximate surface area is 215 Å². The number of benzene rings is 3. The molecule has 1 aliphatic heterocycles. The molecule has 3 heterocycles. The van der Waals surface area contributed by atoms with Crippen molar-refractivity contribution in [2.24, 2.45) is 0 Å². The average Bonchev–Trinajstić information content (AvgIpc) is 3.12. The Morgan fingerprint density at radius 1 is 0.919 bits per heavy atom. The number of nitrogens with zero attached hydrogens (tertiary/aromatic N) is 4. The Balaban J connectivity index is 1.36. The molecule has 0 unspecified atom stereocenters. The molecule has 5 aromatic rings. The lowest BCUT2D eigenvalue weighted by atomic mass is 10.0. The van der Waals surface area contributed by atoms with Gasteiger partial charge >= 0.3 is 0 Å². The molecular weight excluding hydrogens is 465 g/mol. The van der Waals surface area contributed by atoms with E-state index in [4.69, 9.17) is 9.72 Å². The molecule has 7 heteroatoms. The summed E-state index contributed by atoms with van der Waals surface area (Å²) in [5.41, 5.74) is 8.37. The number of imidazole rings is 1. The van der Waals surface area contributed by atoms with Crippen LogP contribution in [0, 0.1) is 26.6 Å². The molecule has 186 valence electrons. The van der Waals surface area contributed by atoms with Gasteiger partial charge < -0.3 is 14.6 Å². The fourth-order valence-corrected chi connectivity index (χ4v) is 5.06. The first-order valence-corrected chi connectivity index (χ1v) is 12.5. The third-order valence-corrected chi connectivity index (χ3v) is 6.87. The quantitative estimate of drug-likeness (QED) is 0.329. The van der Waals surface area contributed by atoms with E-state index in [0.29, 0.717) is 26.1 Å². The van der Waals surface area contributed by atoms with Crippen LogP contribution in [0.25, 0.3) is 22.2 Å². The van der Waals surface area contributed by atoms with Crippen molar-refractivity contribution in [2.75, 3.05) is 18.1 Å². The molecule has 0 saturated carbocycles. The van der Waals surface area contributed by atoms with Gasteiger partial charge in [-0.25, -0.2) is 19.3 Å². The third kappa shape index (κ3) is 4.65. The maximum atomic E-state index is 13.5. The minimum Gasteiger partial charge on any atom is -0.491 e. The van der Waals surface area contributed by atoms with Gasteiger partial charge in [-0.2, -0.15) is 0 Å². The first-order chi connectivity index (χ1) is 17.9. The molecule has 3 aromatic carbocycles. The van der Waals surface area contributed by atoms with Crippen molar-refractivity contribution in [1.82, 2.24) is 19.9 Å². The van der Waals surface area contributed by atoms with Crippen molar-refractivity contribution in [2.45, 2.75) is 33.7 Å². The Hall–Kier alpha value is -4.26. The number of hydrogen-bond donors (Lipinski definition) is 1. The topological polar surface area (TPSA) is 66.9 Å². The smallest absolute Gasteiger partial charge is 0.136 e. The Morgan fingerprint density at radius 3 is 2.54 bits per heavy atom. The monoisotopic (exact) mass is 493 g/mol. The molecule has 0 spiro atoms. The van der Waals surface area contributed by atoms with E-state index in [0.717, 1.165) is 67.8 Å². The summed E-state index contributed by atoms with van der Waals surface area (Å²) in [5.74, 6) is 3.21. The lowest BCUT2D eigenvalue weighted by Gasteiger charge is -2.25. The molecule has 6 nitrogen and oxygen atoms in total. The number of aryl methyl sites for hydroxylation is 3. The SMILES string of the molecule is Cc1nc(C)c(Cc2ccc(F)cc2)c(N2CCOc3ccc(-c4ccc5nc(C)[nH]c5c4)cc3C2)n1. The first-order valence-electron chi connectivity index (χ1n) is 12.5. The van der Waals surface area contributed by atoms with E-state index < -0.39 is 0 Å². The average molecular weight is 494 g/mol. The van der Waals surface area contributed by atoms with E-state index in [2.05, 4.69) is 56.3 Å². The number of halogens is 1. The number of hydrogen-bond acceptors (Lipinski definition) is 5. The molecule has 2 aromatic heterocycles. The molecule has 1 aliphatic rings. The van der Waals surface area contributed by atoms with E-state index in [1.807, 2.05) is 32.9 Å². The molecule has 0 fully saturated rings. The molecule has 0 atom stereocenters. The van der Waals surface area contributed by atoms with Crippen molar-refractivity contribution in [3.63, 3.8) is 0 Å². The molecule has 0 bridgehead atoms. The molecule has 1 N–H and O–H groups in total. The van der Waals surface area contributed by atoms with Crippen LogP contribution >= 0.6 is 0 Å². The number of aromatic amines is 1. The summed E-state index contributed by atoms with van der Waals surface area (Å²) in [7, 11) is 0. The van der Waals surface area contributed by atoms with Gasteiger partial charge in [0, 0.05) is 29.8 Å². The van der Waals surface area contributed by atoms with Crippen molar-refractivity contribution in [3.8, 4) is 16.9 Å². The highest BCUT2D eigenvalue weighted by molar-refractivity contribution is 5.82. The third-order valence-electron chi connectivity index (χ3n) is 6.87. The standard InChI is InChI=1S/C30H28FN5O/c1-18-26(14-21-4-8-25(31)9-5-21)30(35-19(2)32-18)36-12-13-37-29-11-7-22(15-24(29)17-36)23-6-10-27-28(16-23)34-20(3)33-27/h4-11,15-16H,12-14,17H2,1-3H3,(H,33,34). The molecule has 0 saturated heterocycles. The molecular formula is C30H28FN5O. The van der Waals surface area contributed by atoms with E-state index in [9.17, 15) is 4.39 Å². The Morgan fingerprint density at radius 2 is 1.70 bits per heavy atom. The second-order valence-electron chi connectivity index (χ2n) is 9.61. The largest absolute Gasteiger partial charge is 0.491 e. The van der Waals surface area contributed by atoms with Gasteiger partial charge in [0.1, 0.15) is 35.6 Å². The zero-order valence-corrected chi connectivity index (χ0v) is 21.2. The number of rotatable bonds is 4. The van der Waals surface area contributed by atoms with Crippen LogP contribution < -0.4 is 9.64 Å². The van der Waals surface area contributed by atoms with Crippen molar-refractivity contribution in [1.29, 1.82) is 0 Å². The fraction of sp³-hybridized carbons (Fsp3) is 0.233. The highest BCUT2D eigenvalue weighted by Gasteiger charge is 2.22. The van der Waals surface area contributed by atoms with Crippen LogP contribution in [0.2, 0.25) is 0 Å². The number of nitrogens with one attached hydrogen (secondary N) is 1. The minimum atomic E-state index is -0.236. The summed E-state index contributed by atoms with van der Waals surface area (Å²) < 4.78 is 19.6. The molecule has 0 radical (unpaired) electrons. The number of anilines is 1. The predicted molar refractivity (Wildman–Crippen MR) is 144 cm³/mol. The summed E-state index contributed by atoms with van der Waals surface area (Å²) >= 11 is 0. The van der Waals surface area contributed by atoms with Crippen molar-refractivity contribution in [3.05, 3.63) is 101 Å². The fourth-order valence-electron chi connectivity index (χ4n) is 5.06. The van der Waals surface area contributed by atoms with Gasteiger partial charge in [0.25, 0.3) is 0 Å². The zero-order valence-electron chi connectivity index (χ0n) is 21.2. The first kappa shape index (κ1) is 23.2. The van der Waals surface area contributed by atoms with E-state index in [1.165, 1.54) is 12.1 Å². The lowest BCUT2D eigenvalue weighted by molar-refractivity contribution is 0.331. The van der Waals surface area contributed by atoms with Crippen molar-refractivity contribution < 1.29 is 9.13 Å². The second kappa shape index (κ2) is 9.32. The van der Waals surface area contributed by atoms with Crippen LogP contribution in [0.15, 0.2) is 60.7 Å².